The van der Waals surface area contributed by atoms with Crippen molar-refractivity contribution in [1.29, 1.82) is 0 Å². The van der Waals surface area contributed by atoms with Crippen molar-refractivity contribution in [3.63, 3.8) is 0 Å². The summed E-state index contributed by atoms with van der Waals surface area (Å²) >= 11 is 5.82. The third kappa shape index (κ3) is 4.48. The van der Waals surface area contributed by atoms with Gasteiger partial charge < -0.3 is 10.6 Å². The number of carbonyl (C=O) groups excluding carboxylic acids is 1. The first-order chi connectivity index (χ1) is 14.0. The summed E-state index contributed by atoms with van der Waals surface area (Å²) < 4.78 is 16.2. The Bertz CT molecular complexity index is 1070. The summed E-state index contributed by atoms with van der Waals surface area (Å²) in [6.45, 7) is 0.449. The van der Waals surface area contributed by atoms with Crippen molar-refractivity contribution >= 4 is 23.3 Å². The minimum Gasteiger partial charge on any atom is -0.336 e. The summed E-state index contributed by atoms with van der Waals surface area (Å²) in [6, 6.07) is 12.4. The third-order valence-corrected chi connectivity index (χ3v) is 4.85. The Hall–Kier alpha value is -3.13. The van der Waals surface area contributed by atoms with E-state index in [1.54, 1.807) is 41.0 Å². The average Bonchev–Trinajstić information content (AvgIpc) is 3.49. The molecule has 0 bridgehead atoms. The molecule has 1 aliphatic rings. The molecule has 0 aliphatic heterocycles. The summed E-state index contributed by atoms with van der Waals surface area (Å²) in [7, 11) is 0. The van der Waals surface area contributed by atoms with Gasteiger partial charge in [0.2, 0.25) is 0 Å². The number of rotatable bonds is 6. The van der Waals surface area contributed by atoms with Gasteiger partial charge in [0.15, 0.2) is 5.82 Å². The average molecular weight is 416 g/mol. The van der Waals surface area contributed by atoms with Crippen molar-refractivity contribution < 1.29 is 9.18 Å². The molecule has 1 saturated carbocycles. The van der Waals surface area contributed by atoms with E-state index in [1.165, 1.54) is 16.8 Å². The lowest BCUT2D eigenvalue weighted by molar-refractivity contribution is 0.251. The van der Waals surface area contributed by atoms with Crippen molar-refractivity contribution in [2.75, 3.05) is 11.9 Å². The van der Waals surface area contributed by atoms with E-state index in [0.717, 1.165) is 12.8 Å². The van der Waals surface area contributed by atoms with E-state index >= 15 is 0 Å². The van der Waals surface area contributed by atoms with Crippen LogP contribution in [-0.2, 0) is 6.54 Å². The minimum absolute atomic E-state index is 0.123. The molecule has 7 nitrogen and oxygen atoms in total. The summed E-state index contributed by atoms with van der Waals surface area (Å²) in [5.74, 6) is 0.174. The van der Waals surface area contributed by atoms with Crippen molar-refractivity contribution in [3.8, 4) is 11.4 Å². The van der Waals surface area contributed by atoms with Crippen LogP contribution in [0.5, 0.6) is 0 Å². The van der Waals surface area contributed by atoms with Gasteiger partial charge in [-0.15, -0.1) is 5.10 Å². The molecule has 0 unspecified atom stereocenters. The van der Waals surface area contributed by atoms with Gasteiger partial charge in [0, 0.05) is 28.9 Å². The molecule has 1 aliphatic carbocycles. The first-order valence-electron chi connectivity index (χ1n) is 9.27. The third-order valence-electron chi connectivity index (χ3n) is 4.60. The fraction of sp³-hybridized carbons (Fsp3) is 0.250. The molecule has 4 rings (SSSR count). The van der Waals surface area contributed by atoms with E-state index in [0.29, 0.717) is 22.1 Å². The lowest BCUT2D eigenvalue weighted by atomic mass is 10.2. The summed E-state index contributed by atoms with van der Waals surface area (Å²) in [4.78, 5) is 24.8. The fourth-order valence-corrected chi connectivity index (χ4v) is 3.13. The van der Waals surface area contributed by atoms with Crippen LogP contribution < -0.4 is 16.3 Å². The Labute approximate surface area is 171 Å². The molecular formula is C20H19ClFN5O2. The molecule has 0 saturated heterocycles. The predicted octanol–water partition coefficient (Wildman–Crippen LogP) is 3.66. The predicted molar refractivity (Wildman–Crippen MR) is 109 cm³/mol. The van der Waals surface area contributed by atoms with Crippen LogP contribution in [0.3, 0.4) is 0 Å². The Morgan fingerprint density at radius 2 is 1.83 bits per heavy atom. The normalized spacial score (nSPS) is 13.3. The lowest BCUT2D eigenvalue weighted by Gasteiger charge is -2.07. The SMILES string of the molecule is O=C(NCCn1nc(-c2ccc(F)cc2)n(C2CC2)c1=O)Nc1ccc(Cl)cc1. The van der Waals surface area contributed by atoms with Gasteiger partial charge in [-0.1, -0.05) is 11.6 Å². The molecule has 1 heterocycles. The summed E-state index contributed by atoms with van der Waals surface area (Å²) in [6.07, 6.45) is 1.84. The van der Waals surface area contributed by atoms with E-state index in [-0.39, 0.29) is 36.7 Å². The Balaban J connectivity index is 1.43. The van der Waals surface area contributed by atoms with Crippen molar-refractivity contribution in [1.82, 2.24) is 19.7 Å². The van der Waals surface area contributed by atoms with Crippen LogP contribution in [0.1, 0.15) is 18.9 Å². The zero-order chi connectivity index (χ0) is 20.4. The molecule has 29 heavy (non-hydrogen) atoms. The van der Waals surface area contributed by atoms with Crippen LogP contribution >= 0.6 is 11.6 Å². The van der Waals surface area contributed by atoms with Crippen LogP contribution in [0.2, 0.25) is 5.02 Å². The Morgan fingerprint density at radius 1 is 1.14 bits per heavy atom. The number of nitrogens with one attached hydrogen (secondary N) is 2. The van der Waals surface area contributed by atoms with Gasteiger partial charge in [-0.3, -0.25) is 4.57 Å². The highest BCUT2D eigenvalue weighted by Crippen LogP contribution is 2.36. The van der Waals surface area contributed by atoms with Crippen LogP contribution in [0.15, 0.2) is 53.3 Å². The largest absolute Gasteiger partial charge is 0.346 e. The zero-order valence-electron chi connectivity index (χ0n) is 15.4. The number of benzene rings is 2. The molecule has 3 aromatic rings. The maximum atomic E-state index is 13.2. The molecule has 2 aromatic carbocycles. The van der Waals surface area contributed by atoms with E-state index in [4.69, 9.17) is 11.6 Å². The van der Waals surface area contributed by atoms with Gasteiger partial charge in [0.05, 0.1) is 6.54 Å². The van der Waals surface area contributed by atoms with Gasteiger partial charge in [-0.05, 0) is 61.4 Å². The number of amides is 2. The van der Waals surface area contributed by atoms with Crippen molar-refractivity contribution in [3.05, 3.63) is 69.9 Å². The topological polar surface area (TPSA) is 81.0 Å². The standard InChI is InChI=1S/C20H19ClFN5O2/c21-14-3-7-16(8-4-14)24-19(28)23-11-12-26-20(29)27(17-9-10-17)18(25-26)13-1-5-15(22)6-2-13/h1-8,17H,9-12H2,(H2,23,24,28). The number of aromatic nitrogens is 3. The van der Waals surface area contributed by atoms with E-state index < -0.39 is 0 Å². The van der Waals surface area contributed by atoms with Crippen LogP contribution in [0.25, 0.3) is 11.4 Å². The smallest absolute Gasteiger partial charge is 0.336 e. The molecule has 0 atom stereocenters. The van der Waals surface area contributed by atoms with E-state index in [2.05, 4.69) is 15.7 Å². The van der Waals surface area contributed by atoms with E-state index in [9.17, 15) is 14.0 Å². The molecule has 1 aromatic heterocycles. The van der Waals surface area contributed by atoms with Crippen LogP contribution in [0, 0.1) is 5.82 Å². The number of hydrogen-bond acceptors (Lipinski definition) is 3. The molecule has 150 valence electrons. The molecule has 2 amide bonds. The second kappa shape index (κ2) is 8.08. The van der Waals surface area contributed by atoms with Gasteiger partial charge in [-0.25, -0.2) is 18.7 Å². The highest BCUT2D eigenvalue weighted by molar-refractivity contribution is 6.30. The molecule has 0 radical (unpaired) electrons. The van der Waals surface area contributed by atoms with Gasteiger partial charge in [0.25, 0.3) is 0 Å². The van der Waals surface area contributed by atoms with Gasteiger partial charge in [-0.2, -0.15) is 0 Å². The van der Waals surface area contributed by atoms with Crippen LogP contribution in [-0.4, -0.2) is 26.9 Å². The minimum atomic E-state index is -0.388. The second-order valence-corrected chi connectivity index (χ2v) is 7.26. The zero-order valence-corrected chi connectivity index (χ0v) is 16.2. The van der Waals surface area contributed by atoms with Crippen LogP contribution in [0.4, 0.5) is 14.9 Å². The Kier molecular flexibility index (Phi) is 5.35. The maximum Gasteiger partial charge on any atom is 0.346 e. The highest BCUT2D eigenvalue weighted by atomic mass is 35.5. The van der Waals surface area contributed by atoms with E-state index in [1.807, 2.05) is 0 Å². The number of urea groups is 1. The first kappa shape index (κ1) is 19.2. The number of carbonyl (C=O) groups is 1. The van der Waals surface area contributed by atoms with Crippen molar-refractivity contribution in [2.45, 2.75) is 25.4 Å². The molecule has 9 heteroatoms. The lowest BCUT2D eigenvalue weighted by Crippen LogP contribution is -2.34. The van der Waals surface area contributed by atoms with Crippen molar-refractivity contribution in [2.24, 2.45) is 0 Å². The molecule has 1 fully saturated rings. The molecule has 0 spiro atoms. The first-order valence-corrected chi connectivity index (χ1v) is 9.65. The number of halogens is 2. The highest BCUT2D eigenvalue weighted by Gasteiger charge is 2.30. The fourth-order valence-electron chi connectivity index (χ4n) is 3.01. The summed E-state index contributed by atoms with van der Waals surface area (Å²) in [5.41, 5.74) is 1.06. The Morgan fingerprint density at radius 3 is 2.48 bits per heavy atom. The molecular weight excluding hydrogens is 397 g/mol. The number of hydrogen-bond donors (Lipinski definition) is 2. The van der Waals surface area contributed by atoms with Gasteiger partial charge >= 0.3 is 11.7 Å². The quantitative estimate of drug-likeness (QED) is 0.644. The number of nitrogens with zero attached hydrogens (tertiary/aromatic N) is 3. The monoisotopic (exact) mass is 415 g/mol. The number of anilines is 1. The van der Waals surface area contributed by atoms with Gasteiger partial charge in [0.1, 0.15) is 5.82 Å². The molecule has 2 N–H and O–H groups in total. The summed E-state index contributed by atoms with van der Waals surface area (Å²) in [5, 5.41) is 10.4. The second-order valence-electron chi connectivity index (χ2n) is 6.83. The maximum absolute atomic E-state index is 13.2.